The fourth-order valence-electron chi connectivity index (χ4n) is 3.91. The normalized spacial score (nSPS) is 13.3. The molecule has 0 aliphatic heterocycles. The lowest BCUT2D eigenvalue weighted by atomic mass is 9.83. The van der Waals surface area contributed by atoms with Crippen LogP contribution in [0.4, 0.5) is 22.1 Å². The molecule has 0 atom stereocenters. The van der Waals surface area contributed by atoms with Crippen molar-refractivity contribution in [3.8, 4) is 5.75 Å². The number of carbonyl (C=O) groups is 1. The van der Waals surface area contributed by atoms with Gasteiger partial charge in [-0.05, 0) is 42.7 Å². The molecule has 0 saturated heterocycles. The van der Waals surface area contributed by atoms with Gasteiger partial charge in [0, 0.05) is 29.1 Å². The van der Waals surface area contributed by atoms with Crippen molar-refractivity contribution in [3.05, 3.63) is 78.4 Å². The van der Waals surface area contributed by atoms with E-state index >= 15 is 0 Å². The van der Waals surface area contributed by atoms with Gasteiger partial charge >= 0.3 is 6.03 Å². The second-order valence-corrected chi connectivity index (χ2v) is 8.07. The number of hydrogen-bond donors (Lipinski definition) is 3. The molecule has 1 fully saturated rings. The van der Waals surface area contributed by atoms with Crippen molar-refractivity contribution in [1.29, 1.82) is 0 Å². The van der Waals surface area contributed by atoms with Crippen LogP contribution >= 0.6 is 0 Å². The lowest BCUT2D eigenvalue weighted by molar-refractivity contribution is 0.259. The minimum absolute atomic E-state index is 0.359. The molecule has 4 aromatic rings. The van der Waals surface area contributed by atoms with Gasteiger partial charge in [0.15, 0.2) is 0 Å². The van der Waals surface area contributed by atoms with Crippen molar-refractivity contribution >= 4 is 34.1 Å². The Kier molecular flexibility index (Phi) is 5.72. The Bertz CT molecular complexity index is 1310. The monoisotopic (exact) mass is 440 g/mol. The summed E-state index contributed by atoms with van der Waals surface area (Å²) in [4.78, 5) is 24.7. The van der Waals surface area contributed by atoms with Crippen LogP contribution in [-0.2, 0) is 6.61 Å². The average molecular weight is 441 g/mol. The van der Waals surface area contributed by atoms with Gasteiger partial charge in [0.25, 0.3) is 0 Å². The summed E-state index contributed by atoms with van der Waals surface area (Å²) in [6, 6.07) is 14.6. The number of anilines is 3. The summed E-state index contributed by atoms with van der Waals surface area (Å²) >= 11 is 0. The number of benzene rings is 2. The van der Waals surface area contributed by atoms with E-state index in [1.165, 1.54) is 19.3 Å². The molecule has 5 rings (SSSR count). The second-order valence-electron chi connectivity index (χ2n) is 8.07. The highest BCUT2D eigenvalue weighted by Gasteiger charge is 2.21. The highest BCUT2D eigenvalue weighted by atomic mass is 16.5. The van der Waals surface area contributed by atoms with Gasteiger partial charge in [-0.15, -0.1) is 0 Å². The van der Waals surface area contributed by atoms with Crippen molar-refractivity contribution in [2.24, 2.45) is 5.73 Å². The highest BCUT2D eigenvalue weighted by molar-refractivity contribution is 6.03. The van der Waals surface area contributed by atoms with E-state index in [1.807, 2.05) is 48.7 Å². The first kappa shape index (κ1) is 20.7. The summed E-state index contributed by atoms with van der Waals surface area (Å²) < 4.78 is 6.12. The zero-order valence-electron chi connectivity index (χ0n) is 18.0. The third-order valence-corrected chi connectivity index (χ3v) is 5.79. The highest BCUT2D eigenvalue weighted by Crippen LogP contribution is 2.35. The van der Waals surface area contributed by atoms with Crippen LogP contribution in [0.1, 0.15) is 36.4 Å². The zero-order chi connectivity index (χ0) is 22.6. The third-order valence-electron chi connectivity index (χ3n) is 5.79. The standard InChI is InChI=1S/C25H24N6O2/c26-25(32)30-20-8-9-22(19-7-2-1-6-18(19)20)33-15-16-10-11-28-23(12-16)31-24-14-27-13-21(29-24)17-4-3-5-17/h1-2,6-14,17H,3-5,15H2,(H3,26,30,32)(H,28,29,31). The summed E-state index contributed by atoms with van der Waals surface area (Å²) in [6.45, 7) is 0.359. The van der Waals surface area contributed by atoms with E-state index in [0.717, 1.165) is 22.0 Å². The van der Waals surface area contributed by atoms with E-state index in [2.05, 4.69) is 20.6 Å². The number of rotatable bonds is 7. The Balaban J connectivity index is 1.31. The molecular formula is C25H24N6O2. The van der Waals surface area contributed by atoms with Gasteiger partial charge in [0.05, 0.1) is 17.6 Å². The van der Waals surface area contributed by atoms with Crippen molar-refractivity contribution in [2.75, 3.05) is 10.6 Å². The molecule has 0 bridgehead atoms. The van der Waals surface area contributed by atoms with Crippen LogP contribution in [0.15, 0.2) is 67.1 Å². The second kappa shape index (κ2) is 9.12. The summed E-state index contributed by atoms with van der Waals surface area (Å²) in [7, 11) is 0. The summed E-state index contributed by atoms with van der Waals surface area (Å²) in [6.07, 6.45) is 8.91. The quantitative estimate of drug-likeness (QED) is 0.368. The predicted molar refractivity (Wildman–Crippen MR) is 128 cm³/mol. The molecule has 33 heavy (non-hydrogen) atoms. The molecule has 2 heterocycles. The first-order valence-corrected chi connectivity index (χ1v) is 10.9. The number of primary amides is 1. The van der Waals surface area contributed by atoms with Crippen LogP contribution in [0.3, 0.4) is 0 Å². The van der Waals surface area contributed by atoms with E-state index in [-0.39, 0.29) is 0 Å². The number of carbonyl (C=O) groups excluding carboxylic acids is 1. The van der Waals surface area contributed by atoms with Gasteiger partial charge in [0.1, 0.15) is 24.0 Å². The van der Waals surface area contributed by atoms with Crippen LogP contribution in [0.5, 0.6) is 5.75 Å². The molecular weight excluding hydrogens is 416 g/mol. The fourth-order valence-corrected chi connectivity index (χ4v) is 3.91. The number of fused-ring (bicyclic) bond motifs is 1. The molecule has 0 unspecified atom stereocenters. The van der Waals surface area contributed by atoms with E-state index in [4.69, 9.17) is 15.5 Å². The fraction of sp³-hybridized carbons (Fsp3) is 0.200. The number of hydrogen-bond acceptors (Lipinski definition) is 6. The first-order chi connectivity index (χ1) is 16.2. The summed E-state index contributed by atoms with van der Waals surface area (Å²) in [5, 5.41) is 7.65. The van der Waals surface area contributed by atoms with Crippen LogP contribution in [0.2, 0.25) is 0 Å². The number of pyridine rings is 1. The van der Waals surface area contributed by atoms with Crippen molar-refractivity contribution < 1.29 is 9.53 Å². The van der Waals surface area contributed by atoms with E-state index in [9.17, 15) is 4.79 Å². The maximum atomic E-state index is 11.3. The summed E-state index contributed by atoms with van der Waals surface area (Å²) in [5.41, 5.74) is 7.93. The number of aromatic nitrogens is 3. The van der Waals surface area contributed by atoms with Gasteiger partial charge in [-0.1, -0.05) is 30.7 Å². The van der Waals surface area contributed by atoms with Crippen molar-refractivity contribution in [3.63, 3.8) is 0 Å². The van der Waals surface area contributed by atoms with Crippen LogP contribution < -0.4 is 21.1 Å². The SMILES string of the molecule is NC(=O)Nc1ccc(OCc2ccnc(Nc3cncc(C4CCC4)n3)c2)c2ccccc12. The molecule has 2 aromatic carbocycles. The van der Waals surface area contributed by atoms with Gasteiger partial charge in [-0.2, -0.15) is 0 Å². The Hall–Kier alpha value is -4.20. The molecule has 2 amide bonds. The maximum Gasteiger partial charge on any atom is 0.316 e. The Morgan fingerprint density at radius 1 is 1.06 bits per heavy atom. The van der Waals surface area contributed by atoms with Gasteiger partial charge in [0.2, 0.25) is 0 Å². The number of amides is 2. The van der Waals surface area contributed by atoms with E-state index in [0.29, 0.717) is 35.6 Å². The predicted octanol–water partition coefficient (Wildman–Crippen LogP) is 5.11. The molecule has 1 saturated carbocycles. The average Bonchev–Trinajstić information content (AvgIpc) is 2.78. The Morgan fingerprint density at radius 3 is 2.70 bits per heavy atom. The summed E-state index contributed by atoms with van der Waals surface area (Å²) in [5.74, 6) is 2.60. The molecule has 1 aliphatic carbocycles. The number of nitrogens with zero attached hydrogens (tertiary/aromatic N) is 3. The number of nitrogens with two attached hydrogens (primary N) is 1. The molecule has 0 radical (unpaired) electrons. The minimum Gasteiger partial charge on any atom is -0.488 e. The van der Waals surface area contributed by atoms with Crippen LogP contribution in [0.25, 0.3) is 10.8 Å². The van der Waals surface area contributed by atoms with Crippen molar-refractivity contribution in [1.82, 2.24) is 15.0 Å². The van der Waals surface area contributed by atoms with E-state index < -0.39 is 6.03 Å². The van der Waals surface area contributed by atoms with Gasteiger partial charge < -0.3 is 21.1 Å². The zero-order valence-corrected chi connectivity index (χ0v) is 18.0. The van der Waals surface area contributed by atoms with Crippen LogP contribution in [0, 0.1) is 0 Å². The van der Waals surface area contributed by atoms with E-state index in [1.54, 1.807) is 18.5 Å². The molecule has 1 aliphatic rings. The number of nitrogens with one attached hydrogen (secondary N) is 2. The van der Waals surface area contributed by atoms with Crippen molar-refractivity contribution in [2.45, 2.75) is 31.8 Å². The number of ether oxygens (including phenoxy) is 1. The maximum absolute atomic E-state index is 11.3. The molecule has 166 valence electrons. The molecule has 0 spiro atoms. The van der Waals surface area contributed by atoms with Crippen LogP contribution in [-0.4, -0.2) is 21.0 Å². The minimum atomic E-state index is -0.603. The van der Waals surface area contributed by atoms with Gasteiger partial charge in [-0.25, -0.2) is 14.8 Å². The lowest BCUT2D eigenvalue weighted by Crippen LogP contribution is -2.19. The largest absolute Gasteiger partial charge is 0.488 e. The lowest BCUT2D eigenvalue weighted by Gasteiger charge is -2.24. The Morgan fingerprint density at radius 2 is 1.91 bits per heavy atom. The van der Waals surface area contributed by atoms with Gasteiger partial charge in [-0.3, -0.25) is 4.98 Å². The molecule has 8 heteroatoms. The molecule has 4 N–H and O–H groups in total. The number of urea groups is 1. The Labute approximate surface area is 191 Å². The molecule has 2 aromatic heterocycles. The topological polar surface area (TPSA) is 115 Å². The third kappa shape index (κ3) is 4.69. The first-order valence-electron chi connectivity index (χ1n) is 10.9. The molecule has 8 nitrogen and oxygen atoms in total. The smallest absolute Gasteiger partial charge is 0.316 e.